The third-order valence-electron chi connectivity index (χ3n) is 1.84. The molecule has 0 saturated heterocycles. The van der Waals surface area contributed by atoms with Gasteiger partial charge in [0.1, 0.15) is 0 Å². The molecule has 0 heterocycles. The number of hydrogen-bond donors (Lipinski definition) is 2. The third kappa shape index (κ3) is 13.8. The molecule has 0 aliphatic carbocycles. The monoisotopic (exact) mass is 218 g/mol. The normalized spacial score (nSPS) is 11.2. The van der Waals surface area contributed by atoms with Crippen LogP contribution < -0.4 is 11.1 Å². The summed E-state index contributed by atoms with van der Waals surface area (Å²) in [5.41, 5.74) is 5.33. The van der Waals surface area contributed by atoms with Crippen molar-refractivity contribution in [3.63, 3.8) is 0 Å². The summed E-state index contributed by atoms with van der Waals surface area (Å²) in [6, 6.07) is 0. The van der Waals surface area contributed by atoms with E-state index >= 15 is 0 Å². The summed E-state index contributed by atoms with van der Waals surface area (Å²) in [6.45, 7) is 9.89. The Kier molecular flexibility index (Phi) is 11.8. The van der Waals surface area contributed by atoms with Gasteiger partial charge in [0.25, 0.3) is 0 Å². The van der Waals surface area contributed by atoms with E-state index in [9.17, 15) is 0 Å². The van der Waals surface area contributed by atoms with Gasteiger partial charge in [-0.1, -0.05) is 13.8 Å². The van der Waals surface area contributed by atoms with Crippen LogP contribution in [0, 0.1) is 5.92 Å². The van der Waals surface area contributed by atoms with Gasteiger partial charge in [-0.25, -0.2) is 0 Å². The Morgan fingerprint density at radius 2 is 1.73 bits per heavy atom. The van der Waals surface area contributed by atoms with Gasteiger partial charge in [-0.2, -0.15) is 0 Å². The van der Waals surface area contributed by atoms with Crippen LogP contribution in [0.1, 0.15) is 20.3 Å². The fraction of sp³-hybridized carbons (Fsp3) is 1.00. The highest BCUT2D eigenvalue weighted by Gasteiger charge is 1.93. The summed E-state index contributed by atoms with van der Waals surface area (Å²) in [6.07, 6.45) is 0.927. The molecule has 4 nitrogen and oxygen atoms in total. The van der Waals surface area contributed by atoms with E-state index in [0.29, 0.717) is 25.7 Å². The molecule has 15 heavy (non-hydrogen) atoms. The van der Waals surface area contributed by atoms with E-state index in [2.05, 4.69) is 19.2 Å². The second-order valence-corrected chi connectivity index (χ2v) is 3.96. The fourth-order valence-electron chi connectivity index (χ4n) is 1.04. The maximum absolute atomic E-state index is 5.38. The largest absolute Gasteiger partial charge is 0.379 e. The zero-order chi connectivity index (χ0) is 11.4. The molecule has 0 amide bonds. The van der Waals surface area contributed by atoms with E-state index in [1.165, 1.54) is 0 Å². The van der Waals surface area contributed by atoms with Gasteiger partial charge in [0.15, 0.2) is 0 Å². The van der Waals surface area contributed by atoms with Crippen molar-refractivity contribution in [2.75, 3.05) is 46.1 Å². The first-order valence-corrected chi connectivity index (χ1v) is 5.83. The lowest BCUT2D eigenvalue weighted by molar-refractivity contribution is 0.0484. The first-order valence-electron chi connectivity index (χ1n) is 5.83. The molecular formula is C11H26N2O2. The van der Waals surface area contributed by atoms with E-state index in [4.69, 9.17) is 15.2 Å². The van der Waals surface area contributed by atoms with Crippen molar-refractivity contribution < 1.29 is 9.47 Å². The van der Waals surface area contributed by atoms with Gasteiger partial charge in [0, 0.05) is 13.2 Å². The summed E-state index contributed by atoms with van der Waals surface area (Å²) in [5, 5.41) is 3.31. The van der Waals surface area contributed by atoms with Crippen molar-refractivity contribution in [1.29, 1.82) is 0 Å². The maximum atomic E-state index is 5.38. The summed E-state index contributed by atoms with van der Waals surface area (Å²) >= 11 is 0. The van der Waals surface area contributed by atoms with E-state index in [-0.39, 0.29) is 0 Å². The van der Waals surface area contributed by atoms with Gasteiger partial charge in [-0.15, -0.1) is 0 Å². The van der Waals surface area contributed by atoms with Crippen molar-refractivity contribution in [2.24, 2.45) is 11.7 Å². The second kappa shape index (κ2) is 11.9. The molecular weight excluding hydrogens is 192 g/mol. The second-order valence-electron chi connectivity index (χ2n) is 3.96. The van der Waals surface area contributed by atoms with Crippen LogP contribution in [-0.4, -0.2) is 46.1 Å². The molecule has 3 N–H and O–H groups in total. The lowest BCUT2D eigenvalue weighted by atomic mass is 10.2. The van der Waals surface area contributed by atoms with Crippen molar-refractivity contribution in [1.82, 2.24) is 5.32 Å². The minimum Gasteiger partial charge on any atom is -0.379 e. The topological polar surface area (TPSA) is 56.5 Å². The highest BCUT2D eigenvalue weighted by atomic mass is 16.5. The Morgan fingerprint density at radius 1 is 1.07 bits per heavy atom. The molecule has 0 aliphatic rings. The lowest BCUT2D eigenvalue weighted by Gasteiger charge is -2.08. The number of ether oxygens (including phenoxy) is 2. The first-order chi connectivity index (χ1) is 7.27. The van der Waals surface area contributed by atoms with Gasteiger partial charge in [-0.05, 0) is 25.4 Å². The SMILES string of the molecule is CC(C)CNCCOCCOCCCN. The summed E-state index contributed by atoms with van der Waals surface area (Å²) in [4.78, 5) is 0. The lowest BCUT2D eigenvalue weighted by Crippen LogP contribution is -2.24. The van der Waals surface area contributed by atoms with Crippen LogP contribution in [0.25, 0.3) is 0 Å². The number of nitrogens with one attached hydrogen (secondary N) is 1. The number of rotatable bonds is 11. The molecule has 0 aliphatic heterocycles. The van der Waals surface area contributed by atoms with Crippen LogP contribution in [0.3, 0.4) is 0 Å². The maximum Gasteiger partial charge on any atom is 0.0701 e. The molecule has 0 aromatic carbocycles. The zero-order valence-electron chi connectivity index (χ0n) is 10.1. The van der Waals surface area contributed by atoms with Crippen LogP contribution >= 0.6 is 0 Å². The molecule has 4 heteroatoms. The average molecular weight is 218 g/mol. The van der Waals surface area contributed by atoms with Gasteiger partial charge >= 0.3 is 0 Å². The quantitative estimate of drug-likeness (QED) is 0.499. The minimum absolute atomic E-state index is 0.671. The van der Waals surface area contributed by atoms with E-state index in [0.717, 1.165) is 32.7 Å². The van der Waals surface area contributed by atoms with Crippen LogP contribution in [0.15, 0.2) is 0 Å². The molecule has 0 atom stereocenters. The molecule has 0 spiro atoms. The molecule has 0 radical (unpaired) electrons. The average Bonchev–Trinajstić information content (AvgIpc) is 2.20. The van der Waals surface area contributed by atoms with Crippen molar-refractivity contribution in [2.45, 2.75) is 20.3 Å². The molecule has 0 aromatic heterocycles. The van der Waals surface area contributed by atoms with Gasteiger partial charge in [0.2, 0.25) is 0 Å². The van der Waals surface area contributed by atoms with Crippen molar-refractivity contribution in [3.8, 4) is 0 Å². The summed E-state index contributed by atoms with van der Waals surface area (Å²) < 4.78 is 10.7. The fourth-order valence-corrected chi connectivity index (χ4v) is 1.04. The smallest absolute Gasteiger partial charge is 0.0701 e. The van der Waals surface area contributed by atoms with Crippen LogP contribution in [0.4, 0.5) is 0 Å². The molecule has 0 aromatic rings. The van der Waals surface area contributed by atoms with E-state index in [1.807, 2.05) is 0 Å². The highest BCUT2D eigenvalue weighted by Crippen LogP contribution is 1.86. The standard InChI is InChI=1S/C11H26N2O2/c1-11(2)10-13-5-7-15-9-8-14-6-3-4-12/h11,13H,3-10,12H2,1-2H3. The van der Waals surface area contributed by atoms with Crippen LogP contribution in [0.5, 0.6) is 0 Å². The van der Waals surface area contributed by atoms with Gasteiger partial charge < -0.3 is 20.5 Å². The predicted molar refractivity (Wildman–Crippen MR) is 63.0 cm³/mol. The number of nitrogens with two attached hydrogens (primary N) is 1. The number of hydrogen-bond acceptors (Lipinski definition) is 4. The summed E-state index contributed by atoms with van der Waals surface area (Å²) in [5.74, 6) is 0.699. The Hall–Kier alpha value is -0.160. The molecule has 0 saturated carbocycles. The molecule has 0 rings (SSSR count). The Morgan fingerprint density at radius 3 is 2.33 bits per heavy atom. The minimum atomic E-state index is 0.671. The predicted octanol–water partition coefficient (Wildman–Crippen LogP) is 0.614. The van der Waals surface area contributed by atoms with Gasteiger partial charge in [-0.3, -0.25) is 0 Å². The molecule has 92 valence electrons. The Bertz CT molecular complexity index is 121. The van der Waals surface area contributed by atoms with Crippen LogP contribution in [-0.2, 0) is 9.47 Å². The highest BCUT2D eigenvalue weighted by molar-refractivity contribution is 4.49. The molecule has 0 bridgehead atoms. The van der Waals surface area contributed by atoms with Crippen molar-refractivity contribution >= 4 is 0 Å². The van der Waals surface area contributed by atoms with Gasteiger partial charge in [0.05, 0.1) is 19.8 Å². The van der Waals surface area contributed by atoms with Crippen LogP contribution in [0.2, 0.25) is 0 Å². The Labute approximate surface area is 93.5 Å². The summed E-state index contributed by atoms with van der Waals surface area (Å²) in [7, 11) is 0. The molecule has 0 unspecified atom stereocenters. The first kappa shape index (κ1) is 14.8. The zero-order valence-corrected chi connectivity index (χ0v) is 10.1. The van der Waals surface area contributed by atoms with E-state index < -0.39 is 0 Å². The Balaban J connectivity index is 2.87. The third-order valence-corrected chi connectivity index (χ3v) is 1.84. The molecule has 0 fully saturated rings. The van der Waals surface area contributed by atoms with Crippen molar-refractivity contribution in [3.05, 3.63) is 0 Å². The van der Waals surface area contributed by atoms with E-state index in [1.54, 1.807) is 0 Å².